The van der Waals surface area contributed by atoms with Crippen molar-refractivity contribution in [3.8, 4) is 0 Å². The number of hydrogen-bond donors (Lipinski definition) is 1. The summed E-state index contributed by atoms with van der Waals surface area (Å²) in [5.74, 6) is 0.383. The van der Waals surface area contributed by atoms with Crippen molar-refractivity contribution in [1.29, 1.82) is 0 Å². The van der Waals surface area contributed by atoms with Gasteiger partial charge in [-0.1, -0.05) is 37.3 Å². The highest BCUT2D eigenvalue weighted by molar-refractivity contribution is 5.66. The topological polar surface area (TPSA) is 38.3 Å². The van der Waals surface area contributed by atoms with E-state index in [0.717, 1.165) is 5.57 Å². The minimum absolute atomic E-state index is 0.322. The van der Waals surface area contributed by atoms with Crippen LogP contribution in [0, 0.1) is 5.92 Å². The zero-order valence-corrected chi connectivity index (χ0v) is 8.49. The Morgan fingerprint density at radius 2 is 2.36 bits per heavy atom. The molecule has 1 aliphatic rings. The van der Waals surface area contributed by atoms with Crippen molar-refractivity contribution < 1.29 is 9.53 Å². The summed E-state index contributed by atoms with van der Waals surface area (Å²) in [4.78, 5) is 10.8. The molecule has 1 amide bonds. The van der Waals surface area contributed by atoms with E-state index in [-0.39, 0.29) is 0 Å². The monoisotopic (exact) mass is 193 g/mol. The maximum absolute atomic E-state index is 10.8. The molecule has 0 saturated carbocycles. The van der Waals surface area contributed by atoms with E-state index in [2.05, 4.69) is 24.4 Å². The van der Waals surface area contributed by atoms with Gasteiger partial charge in [0.1, 0.15) is 6.61 Å². The molecule has 76 valence electrons. The van der Waals surface area contributed by atoms with Gasteiger partial charge in [-0.05, 0) is 11.5 Å². The number of rotatable bonds is 2. The van der Waals surface area contributed by atoms with Crippen LogP contribution in [0.25, 0.3) is 0 Å². The molecular formula is C11H15NO2. The molecule has 0 aromatic heterocycles. The van der Waals surface area contributed by atoms with E-state index in [1.54, 1.807) is 7.05 Å². The van der Waals surface area contributed by atoms with Gasteiger partial charge in [0.25, 0.3) is 0 Å². The standard InChI is InChI=1S/C11H15NO2/c1-9-5-3-4-6-10(7-9)8-14-11(13)12-2/h3-7,9H,8H2,1-2H3,(H,12,13)/t9-/m1/s1. The van der Waals surface area contributed by atoms with Crippen molar-refractivity contribution in [3.63, 3.8) is 0 Å². The second kappa shape index (κ2) is 5.27. The van der Waals surface area contributed by atoms with Gasteiger partial charge in [-0.3, -0.25) is 0 Å². The summed E-state index contributed by atoms with van der Waals surface area (Å²) in [5.41, 5.74) is 1.02. The smallest absolute Gasteiger partial charge is 0.407 e. The molecule has 0 bridgehead atoms. The van der Waals surface area contributed by atoms with Gasteiger partial charge in [0.2, 0.25) is 0 Å². The average Bonchev–Trinajstić information content (AvgIpc) is 2.39. The van der Waals surface area contributed by atoms with Crippen LogP contribution in [-0.2, 0) is 4.74 Å². The number of ether oxygens (including phenoxy) is 1. The summed E-state index contributed by atoms with van der Waals surface area (Å²) < 4.78 is 4.94. The highest BCUT2D eigenvalue weighted by Crippen LogP contribution is 2.10. The summed E-state index contributed by atoms with van der Waals surface area (Å²) >= 11 is 0. The third-order valence-corrected chi connectivity index (χ3v) is 1.89. The van der Waals surface area contributed by atoms with Gasteiger partial charge < -0.3 is 10.1 Å². The van der Waals surface area contributed by atoms with Crippen LogP contribution in [0.15, 0.2) is 36.0 Å². The predicted molar refractivity (Wildman–Crippen MR) is 55.9 cm³/mol. The van der Waals surface area contributed by atoms with Crippen LogP contribution in [0.2, 0.25) is 0 Å². The van der Waals surface area contributed by atoms with E-state index in [9.17, 15) is 4.79 Å². The molecule has 0 radical (unpaired) electrons. The van der Waals surface area contributed by atoms with Crippen LogP contribution in [0.1, 0.15) is 6.92 Å². The Balaban J connectivity index is 2.48. The fourth-order valence-corrected chi connectivity index (χ4v) is 1.18. The van der Waals surface area contributed by atoms with Crippen molar-refractivity contribution in [3.05, 3.63) is 36.0 Å². The molecule has 1 atom stereocenters. The van der Waals surface area contributed by atoms with E-state index in [1.165, 1.54) is 0 Å². The second-order valence-corrected chi connectivity index (χ2v) is 3.17. The molecule has 0 aliphatic heterocycles. The van der Waals surface area contributed by atoms with Gasteiger partial charge >= 0.3 is 6.09 Å². The molecule has 0 aromatic rings. The maximum atomic E-state index is 10.8. The van der Waals surface area contributed by atoms with Gasteiger partial charge in [-0.25, -0.2) is 4.79 Å². The van der Waals surface area contributed by atoms with Gasteiger partial charge in [0, 0.05) is 7.05 Å². The lowest BCUT2D eigenvalue weighted by Gasteiger charge is -2.05. The highest BCUT2D eigenvalue weighted by atomic mass is 16.5. The largest absolute Gasteiger partial charge is 0.445 e. The predicted octanol–water partition coefficient (Wildman–Crippen LogP) is 2.03. The molecule has 0 saturated heterocycles. The van der Waals surface area contributed by atoms with Crippen LogP contribution >= 0.6 is 0 Å². The molecule has 0 spiro atoms. The normalized spacial score (nSPS) is 19.9. The molecule has 0 fully saturated rings. The fourth-order valence-electron chi connectivity index (χ4n) is 1.18. The summed E-state index contributed by atoms with van der Waals surface area (Å²) in [6.45, 7) is 2.41. The summed E-state index contributed by atoms with van der Waals surface area (Å²) in [6.07, 6.45) is 9.65. The number of alkyl carbamates (subject to hydrolysis) is 1. The third kappa shape index (κ3) is 3.47. The summed E-state index contributed by atoms with van der Waals surface area (Å²) in [7, 11) is 1.55. The molecule has 0 aromatic carbocycles. The lowest BCUT2D eigenvalue weighted by Crippen LogP contribution is -2.20. The quantitative estimate of drug-likeness (QED) is 0.728. The molecule has 3 heteroatoms. The van der Waals surface area contributed by atoms with Crippen LogP contribution in [0.4, 0.5) is 4.79 Å². The van der Waals surface area contributed by atoms with Crippen molar-refractivity contribution in [2.75, 3.05) is 13.7 Å². The van der Waals surface area contributed by atoms with Gasteiger partial charge in [-0.15, -0.1) is 0 Å². The van der Waals surface area contributed by atoms with Gasteiger partial charge in [-0.2, -0.15) is 0 Å². The second-order valence-electron chi connectivity index (χ2n) is 3.17. The Labute approximate surface area is 84.1 Å². The number of amides is 1. The first-order valence-corrected chi connectivity index (χ1v) is 4.62. The zero-order chi connectivity index (χ0) is 10.4. The summed E-state index contributed by atoms with van der Waals surface area (Å²) in [5, 5.41) is 2.40. The Bertz CT molecular complexity index is 290. The zero-order valence-electron chi connectivity index (χ0n) is 8.49. The minimum atomic E-state index is -0.399. The van der Waals surface area contributed by atoms with Crippen molar-refractivity contribution in [2.45, 2.75) is 6.92 Å². The van der Waals surface area contributed by atoms with Crippen LogP contribution in [0.3, 0.4) is 0 Å². The maximum Gasteiger partial charge on any atom is 0.407 e. The van der Waals surface area contributed by atoms with Crippen molar-refractivity contribution in [1.82, 2.24) is 5.32 Å². The van der Waals surface area contributed by atoms with Crippen LogP contribution in [0.5, 0.6) is 0 Å². The fraction of sp³-hybridized carbons (Fsp3) is 0.364. The molecule has 0 heterocycles. The van der Waals surface area contributed by atoms with Crippen molar-refractivity contribution in [2.24, 2.45) is 5.92 Å². The Kier molecular flexibility index (Phi) is 3.98. The Morgan fingerprint density at radius 3 is 3.07 bits per heavy atom. The van der Waals surface area contributed by atoms with Crippen LogP contribution in [-0.4, -0.2) is 19.7 Å². The molecule has 1 aliphatic carbocycles. The first kappa shape index (κ1) is 10.6. The Morgan fingerprint density at radius 1 is 1.57 bits per heavy atom. The van der Waals surface area contributed by atoms with E-state index in [1.807, 2.05) is 18.2 Å². The number of carbonyl (C=O) groups excluding carboxylic acids is 1. The van der Waals surface area contributed by atoms with Gasteiger partial charge in [0.15, 0.2) is 0 Å². The lowest BCUT2D eigenvalue weighted by atomic mass is 10.1. The average molecular weight is 193 g/mol. The molecule has 14 heavy (non-hydrogen) atoms. The first-order chi connectivity index (χ1) is 6.72. The van der Waals surface area contributed by atoms with E-state index < -0.39 is 6.09 Å². The lowest BCUT2D eigenvalue weighted by molar-refractivity contribution is 0.159. The molecular weight excluding hydrogens is 178 g/mol. The molecule has 1 rings (SSSR count). The number of allylic oxidation sites excluding steroid dienone is 4. The third-order valence-electron chi connectivity index (χ3n) is 1.89. The molecule has 0 unspecified atom stereocenters. The van der Waals surface area contributed by atoms with E-state index in [0.29, 0.717) is 12.5 Å². The first-order valence-electron chi connectivity index (χ1n) is 4.62. The van der Waals surface area contributed by atoms with E-state index in [4.69, 9.17) is 4.74 Å². The van der Waals surface area contributed by atoms with E-state index >= 15 is 0 Å². The number of nitrogens with one attached hydrogen (secondary N) is 1. The molecule has 3 nitrogen and oxygen atoms in total. The van der Waals surface area contributed by atoms with Gasteiger partial charge in [0.05, 0.1) is 0 Å². The number of hydrogen-bond acceptors (Lipinski definition) is 2. The number of carbonyl (C=O) groups is 1. The SMILES string of the molecule is CNC(=O)OCC1=C[C@H](C)C=CC=C1. The van der Waals surface area contributed by atoms with Crippen LogP contribution < -0.4 is 5.32 Å². The Hall–Kier alpha value is -1.51. The summed E-state index contributed by atoms with van der Waals surface area (Å²) in [6, 6.07) is 0. The van der Waals surface area contributed by atoms with Crippen molar-refractivity contribution >= 4 is 6.09 Å². The molecule has 1 N–H and O–H groups in total. The highest BCUT2D eigenvalue weighted by Gasteiger charge is 2.02. The minimum Gasteiger partial charge on any atom is -0.445 e.